The first-order chi connectivity index (χ1) is 7.18. The fourth-order valence-corrected chi connectivity index (χ4v) is 2.35. The minimum absolute atomic E-state index is 0.0376. The first-order valence-electron chi connectivity index (χ1n) is 4.47. The molecule has 0 saturated heterocycles. The molecule has 2 aromatic rings. The summed E-state index contributed by atoms with van der Waals surface area (Å²) in [7, 11) is 0. The van der Waals surface area contributed by atoms with Crippen LogP contribution < -0.4 is 0 Å². The normalized spacial score (nSPS) is 12.7. The molecule has 2 rings (SSSR count). The molecule has 0 radical (unpaired) electrons. The van der Waals surface area contributed by atoms with Gasteiger partial charge in [-0.15, -0.1) is 11.3 Å². The lowest BCUT2D eigenvalue weighted by molar-refractivity contribution is 0.0932. The molecule has 3 nitrogen and oxygen atoms in total. The zero-order chi connectivity index (χ0) is 10.8. The van der Waals surface area contributed by atoms with Crippen molar-refractivity contribution in [3.63, 3.8) is 0 Å². The van der Waals surface area contributed by atoms with E-state index in [9.17, 15) is 4.79 Å². The number of ketones is 1. The molecule has 0 saturated carbocycles. The van der Waals surface area contributed by atoms with Crippen LogP contribution in [0, 0.1) is 0 Å². The molecular formula is C10H9ClN2OS. The molecule has 0 aromatic carbocycles. The number of carbonyl (C=O) groups excluding carboxylic acids is 1. The number of hydrogen-bond donors (Lipinski definition) is 0. The zero-order valence-corrected chi connectivity index (χ0v) is 9.63. The van der Waals surface area contributed by atoms with Gasteiger partial charge in [-0.25, -0.2) is 0 Å². The van der Waals surface area contributed by atoms with Crippen molar-refractivity contribution < 1.29 is 4.79 Å². The Morgan fingerprint density at radius 2 is 2.40 bits per heavy atom. The van der Waals surface area contributed by atoms with Gasteiger partial charge in [0.2, 0.25) is 0 Å². The van der Waals surface area contributed by atoms with E-state index in [0.29, 0.717) is 9.21 Å². The predicted octanol–water partition coefficient (Wildman–Crippen LogP) is 3.04. The molecule has 0 N–H and O–H groups in total. The highest BCUT2D eigenvalue weighted by Gasteiger charge is 2.18. The fraction of sp³-hybridized carbons (Fsp3) is 0.200. The number of rotatable bonds is 3. The fourth-order valence-electron chi connectivity index (χ4n) is 1.28. The zero-order valence-electron chi connectivity index (χ0n) is 8.05. The van der Waals surface area contributed by atoms with E-state index in [1.54, 1.807) is 35.3 Å². The standard InChI is InChI=1S/C10H9ClN2OS/c1-7(13-6-2-5-12-13)10(14)8-3-4-9(11)15-8/h2-7H,1H3. The molecule has 0 aliphatic rings. The predicted molar refractivity (Wildman–Crippen MR) is 60.6 cm³/mol. The summed E-state index contributed by atoms with van der Waals surface area (Å²) in [4.78, 5) is 12.6. The number of halogens is 1. The van der Waals surface area contributed by atoms with Crippen LogP contribution in [0.4, 0.5) is 0 Å². The van der Waals surface area contributed by atoms with E-state index < -0.39 is 0 Å². The maximum Gasteiger partial charge on any atom is 0.197 e. The van der Waals surface area contributed by atoms with E-state index in [1.807, 2.05) is 6.92 Å². The van der Waals surface area contributed by atoms with Gasteiger partial charge < -0.3 is 0 Å². The summed E-state index contributed by atoms with van der Waals surface area (Å²) in [6.07, 6.45) is 3.43. The van der Waals surface area contributed by atoms with Gasteiger partial charge in [-0.3, -0.25) is 9.48 Å². The largest absolute Gasteiger partial charge is 0.291 e. The van der Waals surface area contributed by atoms with E-state index in [2.05, 4.69) is 5.10 Å². The van der Waals surface area contributed by atoms with Crippen LogP contribution >= 0.6 is 22.9 Å². The summed E-state index contributed by atoms with van der Waals surface area (Å²) in [6.45, 7) is 1.82. The Labute approximate surface area is 96.3 Å². The van der Waals surface area contributed by atoms with Crippen LogP contribution in [-0.2, 0) is 0 Å². The van der Waals surface area contributed by atoms with Crippen molar-refractivity contribution in [2.24, 2.45) is 0 Å². The van der Waals surface area contributed by atoms with Crippen molar-refractivity contribution in [3.8, 4) is 0 Å². The van der Waals surface area contributed by atoms with Gasteiger partial charge in [0.05, 0.1) is 9.21 Å². The minimum atomic E-state index is -0.283. The molecule has 1 atom stereocenters. The lowest BCUT2D eigenvalue weighted by Gasteiger charge is -2.08. The molecule has 78 valence electrons. The van der Waals surface area contributed by atoms with Gasteiger partial charge in [-0.05, 0) is 25.1 Å². The van der Waals surface area contributed by atoms with Crippen molar-refractivity contribution in [1.29, 1.82) is 0 Å². The molecule has 5 heteroatoms. The SMILES string of the molecule is CC(C(=O)c1ccc(Cl)s1)n1cccn1. The second-order valence-electron chi connectivity index (χ2n) is 3.13. The van der Waals surface area contributed by atoms with Crippen LogP contribution in [0.5, 0.6) is 0 Å². The number of thiophene rings is 1. The van der Waals surface area contributed by atoms with Crippen molar-refractivity contribution in [2.75, 3.05) is 0 Å². The van der Waals surface area contributed by atoms with E-state index >= 15 is 0 Å². The summed E-state index contributed by atoms with van der Waals surface area (Å²) in [5.41, 5.74) is 0. The highest BCUT2D eigenvalue weighted by atomic mass is 35.5. The third-order valence-electron chi connectivity index (χ3n) is 2.12. The Morgan fingerprint density at radius 3 is 2.93 bits per heavy atom. The van der Waals surface area contributed by atoms with Gasteiger partial charge in [-0.1, -0.05) is 11.6 Å². The summed E-state index contributed by atoms with van der Waals surface area (Å²) in [5, 5.41) is 4.04. The van der Waals surface area contributed by atoms with Crippen LogP contribution in [0.3, 0.4) is 0 Å². The number of carbonyl (C=O) groups is 1. The second-order valence-corrected chi connectivity index (χ2v) is 4.85. The lowest BCUT2D eigenvalue weighted by atomic mass is 10.2. The van der Waals surface area contributed by atoms with E-state index in [0.717, 1.165) is 0 Å². The molecule has 1 unspecified atom stereocenters. The van der Waals surface area contributed by atoms with Gasteiger partial charge in [0.25, 0.3) is 0 Å². The van der Waals surface area contributed by atoms with Gasteiger partial charge in [0, 0.05) is 12.4 Å². The third kappa shape index (κ3) is 2.11. The molecule has 0 bridgehead atoms. The maximum absolute atomic E-state index is 11.9. The Bertz CT molecular complexity index is 463. The van der Waals surface area contributed by atoms with Crippen LogP contribution in [-0.4, -0.2) is 15.6 Å². The van der Waals surface area contributed by atoms with Gasteiger partial charge in [0.15, 0.2) is 5.78 Å². The molecule has 0 aliphatic heterocycles. The lowest BCUT2D eigenvalue weighted by Crippen LogP contribution is -2.15. The van der Waals surface area contributed by atoms with Crippen LogP contribution in [0.25, 0.3) is 0 Å². The second kappa shape index (κ2) is 4.16. The molecule has 2 aromatic heterocycles. The smallest absolute Gasteiger partial charge is 0.197 e. The number of Topliss-reactive ketones (excluding diaryl/α,β-unsaturated/α-hetero) is 1. The Morgan fingerprint density at radius 1 is 1.60 bits per heavy atom. The summed E-state index contributed by atoms with van der Waals surface area (Å²) >= 11 is 7.07. The minimum Gasteiger partial charge on any atom is -0.291 e. The van der Waals surface area contributed by atoms with Crippen molar-refractivity contribution in [2.45, 2.75) is 13.0 Å². The Hall–Kier alpha value is -1.13. The highest BCUT2D eigenvalue weighted by Crippen LogP contribution is 2.24. The molecule has 0 aliphatic carbocycles. The average Bonchev–Trinajstić information content (AvgIpc) is 2.85. The van der Waals surface area contributed by atoms with Gasteiger partial charge in [-0.2, -0.15) is 5.10 Å². The summed E-state index contributed by atoms with van der Waals surface area (Å²) in [5.74, 6) is 0.0376. The Balaban J connectivity index is 2.22. The third-order valence-corrected chi connectivity index (χ3v) is 3.36. The first kappa shape index (κ1) is 10.4. The molecule has 0 amide bonds. The van der Waals surface area contributed by atoms with Crippen LogP contribution in [0.15, 0.2) is 30.6 Å². The Kier molecular flexibility index (Phi) is 2.88. The average molecular weight is 241 g/mol. The molecule has 15 heavy (non-hydrogen) atoms. The van der Waals surface area contributed by atoms with Crippen molar-refractivity contribution in [3.05, 3.63) is 39.8 Å². The quantitative estimate of drug-likeness (QED) is 0.773. The first-order valence-corrected chi connectivity index (χ1v) is 5.66. The maximum atomic E-state index is 11.9. The van der Waals surface area contributed by atoms with E-state index in [-0.39, 0.29) is 11.8 Å². The van der Waals surface area contributed by atoms with Gasteiger partial charge in [0.1, 0.15) is 6.04 Å². The number of aromatic nitrogens is 2. The van der Waals surface area contributed by atoms with Crippen LogP contribution in [0.2, 0.25) is 4.34 Å². The monoisotopic (exact) mass is 240 g/mol. The molecule has 0 spiro atoms. The van der Waals surface area contributed by atoms with E-state index in [1.165, 1.54) is 11.3 Å². The van der Waals surface area contributed by atoms with Crippen molar-refractivity contribution in [1.82, 2.24) is 9.78 Å². The highest BCUT2D eigenvalue weighted by molar-refractivity contribution is 7.18. The summed E-state index contributed by atoms with van der Waals surface area (Å²) in [6, 6.07) is 4.99. The van der Waals surface area contributed by atoms with E-state index in [4.69, 9.17) is 11.6 Å². The number of nitrogens with zero attached hydrogens (tertiary/aromatic N) is 2. The topological polar surface area (TPSA) is 34.9 Å². The summed E-state index contributed by atoms with van der Waals surface area (Å²) < 4.78 is 2.27. The molecular weight excluding hydrogens is 232 g/mol. The molecule has 0 fully saturated rings. The van der Waals surface area contributed by atoms with Gasteiger partial charge >= 0.3 is 0 Å². The number of hydrogen-bond acceptors (Lipinski definition) is 3. The molecule has 2 heterocycles. The van der Waals surface area contributed by atoms with Crippen molar-refractivity contribution >= 4 is 28.7 Å². The van der Waals surface area contributed by atoms with Crippen LogP contribution in [0.1, 0.15) is 22.6 Å².